The van der Waals surface area contributed by atoms with Crippen molar-refractivity contribution < 1.29 is 9.53 Å². The first-order valence-electron chi connectivity index (χ1n) is 8.19. The number of halogens is 1. The van der Waals surface area contributed by atoms with Gasteiger partial charge in [-0.1, -0.05) is 41.1 Å². The molecule has 0 aromatic heterocycles. The van der Waals surface area contributed by atoms with E-state index in [1.54, 1.807) is 4.90 Å². The Morgan fingerprint density at radius 1 is 1.33 bits per heavy atom. The van der Waals surface area contributed by atoms with Gasteiger partial charge in [-0.05, 0) is 43.2 Å². The number of anilines is 1. The van der Waals surface area contributed by atoms with Gasteiger partial charge in [-0.3, -0.25) is 4.90 Å². The third-order valence-corrected chi connectivity index (χ3v) is 5.34. The van der Waals surface area contributed by atoms with E-state index in [-0.39, 0.29) is 12.1 Å². The van der Waals surface area contributed by atoms with Crippen molar-refractivity contribution in [1.82, 2.24) is 5.32 Å². The smallest absolute Gasteiger partial charge is 0.325 e. The van der Waals surface area contributed by atoms with Crippen LogP contribution in [-0.2, 0) is 6.42 Å². The van der Waals surface area contributed by atoms with Crippen LogP contribution in [0.1, 0.15) is 37.4 Å². The van der Waals surface area contributed by atoms with Crippen LogP contribution < -0.4 is 15.0 Å². The predicted octanol–water partition coefficient (Wildman–Crippen LogP) is 4.78. The maximum Gasteiger partial charge on any atom is 0.325 e. The fourth-order valence-electron chi connectivity index (χ4n) is 3.74. The van der Waals surface area contributed by atoms with Crippen LogP contribution in [0.2, 0.25) is 0 Å². The molecule has 5 heteroatoms. The number of hydrogen-bond donors (Lipinski definition) is 1. The van der Waals surface area contributed by atoms with E-state index < -0.39 is 5.72 Å². The Labute approximate surface area is 149 Å². The maximum absolute atomic E-state index is 12.9. The molecule has 124 valence electrons. The zero-order valence-electron chi connectivity index (χ0n) is 13.7. The first-order valence-corrected chi connectivity index (χ1v) is 8.98. The van der Waals surface area contributed by atoms with E-state index >= 15 is 0 Å². The van der Waals surface area contributed by atoms with Crippen LogP contribution in [0.15, 0.2) is 46.9 Å². The largest absolute Gasteiger partial charge is 0.467 e. The zero-order chi connectivity index (χ0) is 16.9. The molecule has 0 radical (unpaired) electrons. The van der Waals surface area contributed by atoms with Gasteiger partial charge in [-0.2, -0.15) is 0 Å². The van der Waals surface area contributed by atoms with Crippen LogP contribution in [0.5, 0.6) is 5.75 Å². The Hall–Kier alpha value is -2.01. The van der Waals surface area contributed by atoms with Crippen molar-refractivity contribution in [3.63, 3.8) is 0 Å². The molecule has 2 amide bonds. The summed E-state index contributed by atoms with van der Waals surface area (Å²) in [5.74, 6) is 0.830. The molecule has 0 aliphatic carbocycles. The van der Waals surface area contributed by atoms with Gasteiger partial charge in [-0.15, -0.1) is 0 Å². The second kappa shape index (κ2) is 5.52. The number of urea groups is 1. The minimum atomic E-state index is -0.695. The van der Waals surface area contributed by atoms with Crippen LogP contribution in [0.3, 0.4) is 0 Å². The number of rotatable bonds is 2. The van der Waals surface area contributed by atoms with Crippen molar-refractivity contribution in [3.8, 4) is 5.75 Å². The second-order valence-corrected chi connectivity index (χ2v) is 7.40. The first-order chi connectivity index (χ1) is 11.5. The van der Waals surface area contributed by atoms with Crippen molar-refractivity contribution in [1.29, 1.82) is 0 Å². The number of fused-ring (bicyclic) bond motifs is 4. The molecule has 4 nitrogen and oxygen atoms in total. The molecule has 2 aromatic carbocycles. The minimum Gasteiger partial charge on any atom is -0.467 e. The number of benzene rings is 2. The van der Waals surface area contributed by atoms with Crippen molar-refractivity contribution in [2.45, 2.75) is 38.5 Å². The van der Waals surface area contributed by atoms with Crippen LogP contribution >= 0.6 is 15.9 Å². The summed E-state index contributed by atoms with van der Waals surface area (Å²) >= 11 is 3.50. The minimum absolute atomic E-state index is 0.0335. The summed E-state index contributed by atoms with van der Waals surface area (Å²) in [5.41, 5.74) is 2.38. The number of para-hydroxylation sites is 1. The zero-order valence-corrected chi connectivity index (χ0v) is 15.3. The number of carbonyl (C=O) groups excluding carboxylic acids is 1. The van der Waals surface area contributed by atoms with Gasteiger partial charge in [0.05, 0.1) is 11.7 Å². The topological polar surface area (TPSA) is 41.6 Å². The highest BCUT2D eigenvalue weighted by Crippen LogP contribution is 2.46. The molecule has 1 N–H and O–H groups in total. The van der Waals surface area contributed by atoms with Crippen molar-refractivity contribution in [2.75, 3.05) is 4.90 Å². The standard InChI is InChI=1S/C19H19BrN2O2/c1-3-12-6-4-5-7-16(12)22-18(23)21-15-11-19(22,2)24-17-9-8-13(20)10-14(15)17/h4-10,15H,3,11H2,1-2H3,(H,21,23)/t15?,19-/m0/s1. The molecule has 2 aliphatic heterocycles. The lowest BCUT2D eigenvalue weighted by Gasteiger charge is -2.51. The quantitative estimate of drug-likeness (QED) is 0.806. The average molecular weight is 387 g/mol. The summed E-state index contributed by atoms with van der Waals surface area (Å²) in [7, 11) is 0. The van der Waals surface area contributed by atoms with Crippen LogP contribution in [0.25, 0.3) is 0 Å². The molecule has 2 aromatic rings. The molecular weight excluding hydrogens is 368 g/mol. The normalized spacial score (nSPS) is 24.9. The summed E-state index contributed by atoms with van der Waals surface area (Å²) in [4.78, 5) is 14.7. The third-order valence-electron chi connectivity index (χ3n) is 4.85. The molecule has 1 saturated heterocycles. The number of ether oxygens (including phenoxy) is 1. The highest BCUT2D eigenvalue weighted by Gasteiger charge is 2.50. The van der Waals surface area contributed by atoms with Gasteiger partial charge < -0.3 is 10.1 Å². The molecule has 0 spiro atoms. The van der Waals surface area contributed by atoms with Gasteiger partial charge in [0.1, 0.15) is 5.75 Å². The number of aryl methyl sites for hydroxylation is 1. The Bertz CT molecular complexity index is 823. The maximum atomic E-state index is 12.9. The number of carbonyl (C=O) groups is 1. The van der Waals surface area contributed by atoms with Gasteiger partial charge in [0.15, 0.2) is 5.72 Å². The summed E-state index contributed by atoms with van der Waals surface area (Å²) in [6.45, 7) is 4.09. The molecular formula is C19H19BrN2O2. The second-order valence-electron chi connectivity index (χ2n) is 6.48. The predicted molar refractivity (Wildman–Crippen MR) is 97.4 cm³/mol. The summed E-state index contributed by atoms with van der Waals surface area (Å²) < 4.78 is 7.31. The van der Waals surface area contributed by atoms with Crippen molar-refractivity contribution in [3.05, 3.63) is 58.1 Å². The molecule has 24 heavy (non-hydrogen) atoms. The molecule has 2 atom stereocenters. The number of amides is 2. The Morgan fingerprint density at radius 2 is 2.12 bits per heavy atom. The molecule has 2 heterocycles. The highest BCUT2D eigenvalue weighted by atomic mass is 79.9. The molecule has 1 fully saturated rings. The fraction of sp³-hybridized carbons (Fsp3) is 0.316. The first kappa shape index (κ1) is 15.5. The SMILES string of the molecule is CCc1ccccc1N1C(=O)NC2C[C@]1(C)Oc1ccc(Br)cc12. The summed E-state index contributed by atoms with van der Waals surface area (Å²) in [6.07, 6.45) is 1.57. The summed E-state index contributed by atoms with van der Waals surface area (Å²) in [6, 6.07) is 13.8. The van der Waals surface area contributed by atoms with Crippen LogP contribution in [-0.4, -0.2) is 11.8 Å². The van der Waals surface area contributed by atoms with Crippen LogP contribution in [0, 0.1) is 0 Å². The Morgan fingerprint density at radius 3 is 2.92 bits per heavy atom. The van der Waals surface area contributed by atoms with E-state index in [1.807, 2.05) is 43.3 Å². The van der Waals surface area contributed by atoms with Gasteiger partial charge in [-0.25, -0.2) is 4.79 Å². The lowest BCUT2D eigenvalue weighted by Crippen LogP contribution is -2.65. The van der Waals surface area contributed by atoms with E-state index in [2.05, 4.69) is 34.2 Å². The molecule has 4 rings (SSSR count). The Kier molecular flexibility index (Phi) is 3.57. The highest BCUT2D eigenvalue weighted by molar-refractivity contribution is 9.10. The van der Waals surface area contributed by atoms with Gasteiger partial charge in [0.25, 0.3) is 0 Å². The summed E-state index contributed by atoms with van der Waals surface area (Å²) in [5, 5.41) is 3.14. The van der Waals surface area contributed by atoms with Crippen molar-refractivity contribution in [2.24, 2.45) is 0 Å². The third kappa shape index (κ3) is 2.30. The van der Waals surface area contributed by atoms with Crippen molar-refractivity contribution >= 4 is 27.6 Å². The van der Waals surface area contributed by atoms with E-state index in [1.165, 1.54) is 0 Å². The number of nitrogens with zero attached hydrogens (tertiary/aromatic N) is 1. The number of nitrogens with one attached hydrogen (secondary N) is 1. The number of hydrogen-bond acceptors (Lipinski definition) is 2. The molecule has 2 aliphatic rings. The Balaban J connectivity index is 1.82. The molecule has 2 bridgehead atoms. The van der Waals surface area contributed by atoms with E-state index in [0.717, 1.165) is 33.5 Å². The average Bonchev–Trinajstić information content (AvgIpc) is 2.55. The van der Waals surface area contributed by atoms with Gasteiger partial charge in [0, 0.05) is 16.5 Å². The monoisotopic (exact) mass is 386 g/mol. The van der Waals surface area contributed by atoms with Gasteiger partial charge >= 0.3 is 6.03 Å². The van der Waals surface area contributed by atoms with E-state index in [0.29, 0.717) is 6.42 Å². The lowest BCUT2D eigenvalue weighted by atomic mass is 9.89. The fourth-order valence-corrected chi connectivity index (χ4v) is 4.12. The molecule has 1 unspecified atom stereocenters. The molecule has 0 saturated carbocycles. The van der Waals surface area contributed by atoms with Gasteiger partial charge in [0.2, 0.25) is 0 Å². The lowest BCUT2D eigenvalue weighted by molar-refractivity contribution is 0.0377. The van der Waals surface area contributed by atoms with Crippen LogP contribution in [0.4, 0.5) is 10.5 Å². The van der Waals surface area contributed by atoms with E-state index in [4.69, 9.17) is 4.74 Å². The van der Waals surface area contributed by atoms with E-state index in [9.17, 15) is 4.79 Å².